The third-order valence-corrected chi connectivity index (χ3v) is 4.65. The van der Waals surface area contributed by atoms with E-state index in [1.54, 1.807) is 18.2 Å². The molecule has 1 aliphatic heterocycles. The van der Waals surface area contributed by atoms with Crippen molar-refractivity contribution < 1.29 is 23.0 Å². The van der Waals surface area contributed by atoms with Gasteiger partial charge in [0.2, 0.25) is 5.91 Å². The summed E-state index contributed by atoms with van der Waals surface area (Å²) in [5, 5.41) is 0.973. The minimum Gasteiger partial charge on any atom is -0.493 e. The van der Waals surface area contributed by atoms with Gasteiger partial charge in [-0.25, -0.2) is 8.78 Å². The fraction of sp³-hybridized carbons (Fsp3) is 0.444. The molecule has 0 bridgehead atoms. The number of benzene rings is 1. The van der Waals surface area contributed by atoms with Crippen LogP contribution in [0, 0.1) is 0 Å². The minimum absolute atomic E-state index is 0.000807. The van der Waals surface area contributed by atoms with Crippen LogP contribution in [0.3, 0.4) is 0 Å². The molecule has 1 aliphatic rings. The topological polar surface area (TPSA) is 60.8 Å². The molecule has 1 aromatic carbocycles. The number of pyridine rings is 1. The minimum atomic E-state index is -2.72. The predicted octanol–water partition coefficient (Wildman–Crippen LogP) is 2.28. The summed E-state index contributed by atoms with van der Waals surface area (Å²) in [5.74, 6) is -2.12. The second-order valence-electron chi connectivity index (χ2n) is 6.25. The number of fused-ring (bicyclic) bond motifs is 1. The van der Waals surface area contributed by atoms with E-state index in [0.29, 0.717) is 22.3 Å². The lowest BCUT2D eigenvalue weighted by atomic mass is 10.1. The summed E-state index contributed by atoms with van der Waals surface area (Å²) in [7, 11) is 2.99. The lowest BCUT2D eigenvalue weighted by Crippen LogP contribution is -2.44. The van der Waals surface area contributed by atoms with Crippen molar-refractivity contribution in [3.05, 3.63) is 34.7 Å². The number of rotatable bonds is 4. The molecule has 8 heteroatoms. The van der Waals surface area contributed by atoms with Crippen LogP contribution in [0.25, 0.3) is 10.8 Å². The third kappa shape index (κ3) is 3.36. The molecule has 1 aromatic heterocycles. The van der Waals surface area contributed by atoms with Crippen LogP contribution in [0.2, 0.25) is 0 Å². The van der Waals surface area contributed by atoms with Gasteiger partial charge in [-0.3, -0.25) is 9.59 Å². The molecule has 1 saturated heterocycles. The molecule has 0 atom stereocenters. The molecule has 0 saturated carbocycles. The number of carbonyl (C=O) groups is 1. The second kappa shape index (κ2) is 6.93. The molecule has 0 aliphatic carbocycles. The molecule has 0 radical (unpaired) electrons. The molecule has 26 heavy (non-hydrogen) atoms. The highest BCUT2D eigenvalue weighted by Crippen LogP contribution is 2.33. The van der Waals surface area contributed by atoms with Gasteiger partial charge < -0.3 is 18.9 Å². The summed E-state index contributed by atoms with van der Waals surface area (Å²) >= 11 is 0. The van der Waals surface area contributed by atoms with E-state index in [-0.39, 0.29) is 43.9 Å². The van der Waals surface area contributed by atoms with Crippen molar-refractivity contribution in [3.63, 3.8) is 0 Å². The number of amides is 1. The van der Waals surface area contributed by atoms with E-state index in [2.05, 4.69) is 0 Å². The molecular formula is C18H20F2N2O4. The molecule has 6 nitrogen and oxygen atoms in total. The van der Waals surface area contributed by atoms with Gasteiger partial charge in [0.25, 0.3) is 11.5 Å². The smallest absolute Gasteiger partial charge is 0.259 e. The van der Waals surface area contributed by atoms with Gasteiger partial charge in [0.1, 0.15) is 6.54 Å². The number of ether oxygens (including phenoxy) is 2. The monoisotopic (exact) mass is 366 g/mol. The van der Waals surface area contributed by atoms with E-state index in [9.17, 15) is 18.4 Å². The Balaban J connectivity index is 1.86. The predicted molar refractivity (Wildman–Crippen MR) is 92.1 cm³/mol. The Labute approximate surface area is 148 Å². The molecule has 140 valence electrons. The van der Waals surface area contributed by atoms with E-state index < -0.39 is 5.92 Å². The second-order valence-corrected chi connectivity index (χ2v) is 6.25. The number of nitrogens with zero attached hydrogens (tertiary/aromatic N) is 2. The molecule has 1 amide bonds. The highest BCUT2D eigenvalue weighted by molar-refractivity contribution is 5.90. The van der Waals surface area contributed by atoms with Gasteiger partial charge >= 0.3 is 0 Å². The molecule has 0 N–H and O–H groups in total. The van der Waals surface area contributed by atoms with Crippen molar-refractivity contribution in [2.45, 2.75) is 25.3 Å². The van der Waals surface area contributed by atoms with Crippen LogP contribution in [-0.2, 0) is 11.3 Å². The SMILES string of the molecule is COc1ccc2c(=O)n(CC(=O)N3CCC(F)(F)CC3)ccc2c1OC. The Morgan fingerprint density at radius 2 is 1.81 bits per heavy atom. The molecule has 2 heterocycles. The van der Waals surface area contributed by atoms with Crippen LogP contribution in [0.4, 0.5) is 8.78 Å². The number of hydrogen-bond acceptors (Lipinski definition) is 4. The average Bonchev–Trinajstić information content (AvgIpc) is 2.62. The number of methoxy groups -OCH3 is 2. The molecule has 1 fully saturated rings. The van der Waals surface area contributed by atoms with E-state index in [0.717, 1.165) is 0 Å². The molecular weight excluding hydrogens is 346 g/mol. The maximum absolute atomic E-state index is 13.2. The molecule has 3 rings (SSSR count). The maximum atomic E-state index is 13.2. The quantitative estimate of drug-likeness (QED) is 0.833. The number of halogens is 2. The van der Waals surface area contributed by atoms with Gasteiger partial charge in [0.05, 0.1) is 19.6 Å². The van der Waals surface area contributed by atoms with E-state index in [1.807, 2.05) is 0 Å². The van der Waals surface area contributed by atoms with Crippen LogP contribution in [0.5, 0.6) is 11.5 Å². The maximum Gasteiger partial charge on any atom is 0.259 e. The van der Waals surface area contributed by atoms with Crippen molar-refractivity contribution >= 4 is 16.7 Å². The van der Waals surface area contributed by atoms with Crippen molar-refractivity contribution in [1.82, 2.24) is 9.47 Å². The van der Waals surface area contributed by atoms with Crippen molar-refractivity contribution in [3.8, 4) is 11.5 Å². The first-order chi connectivity index (χ1) is 12.4. The van der Waals surface area contributed by atoms with Crippen LogP contribution in [-0.4, -0.2) is 48.6 Å². The lowest BCUT2D eigenvalue weighted by Gasteiger charge is -2.31. The number of piperidine rings is 1. The Kier molecular flexibility index (Phi) is 4.84. The van der Waals surface area contributed by atoms with Gasteiger partial charge in [0.15, 0.2) is 11.5 Å². The van der Waals surface area contributed by atoms with Crippen LogP contribution >= 0.6 is 0 Å². The zero-order chi connectivity index (χ0) is 18.9. The standard InChI is InChI=1S/C18H20F2N2O4/c1-25-14-4-3-13-12(16(14)26-2)5-8-22(17(13)24)11-15(23)21-9-6-18(19,20)7-10-21/h3-5,8H,6-7,9-11H2,1-2H3. The summed E-state index contributed by atoms with van der Waals surface area (Å²) in [6, 6.07) is 4.92. The van der Waals surface area contributed by atoms with Crippen molar-refractivity contribution in [2.24, 2.45) is 0 Å². The van der Waals surface area contributed by atoms with E-state index >= 15 is 0 Å². The highest BCUT2D eigenvalue weighted by Gasteiger charge is 2.35. The van der Waals surface area contributed by atoms with Gasteiger partial charge in [-0.1, -0.05) is 0 Å². The average molecular weight is 366 g/mol. The zero-order valence-corrected chi connectivity index (χ0v) is 14.6. The largest absolute Gasteiger partial charge is 0.493 e. The van der Waals surface area contributed by atoms with Crippen molar-refractivity contribution in [2.75, 3.05) is 27.3 Å². The number of likely N-dealkylation sites (tertiary alicyclic amines) is 1. The van der Waals surface area contributed by atoms with Gasteiger partial charge in [-0.2, -0.15) is 0 Å². The Bertz CT molecular complexity index is 885. The first kappa shape index (κ1) is 18.2. The molecule has 0 unspecified atom stereocenters. The van der Waals surface area contributed by atoms with E-state index in [1.165, 1.54) is 29.9 Å². The fourth-order valence-corrected chi connectivity index (χ4v) is 3.14. The highest BCUT2D eigenvalue weighted by atomic mass is 19.3. The summed E-state index contributed by atoms with van der Waals surface area (Å²) in [6.07, 6.45) is 0.813. The van der Waals surface area contributed by atoms with Gasteiger partial charge in [-0.05, 0) is 18.2 Å². The van der Waals surface area contributed by atoms with Crippen LogP contribution < -0.4 is 15.0 Å². The zero-order valence-electron chi connectivity index (χ0n) is 14.6. The fourth-order valence-electron chi connectivity index (χ4n) is 3.14. The van der Waals surface area contributed by atoms with E-state index in [4.69, 9.17) is 9.47 Å². The summed E-state index contributed by atoms with van der Waals surface area (Å²) < 4.78 is 38.3. The first-order valence-electron chi connectivity index (χ1n) is 8.26. The number of hydrogen-bond donors (Lipinski definition) is 0. The summed E-state index contributed by atoms with van der Waals surface area (Å²) in [6.45, 7) is -0.187. The number of carbonyl (C=O) groups excluding carboxylic acids is 1. The van der Waals surface area contributed by atoms with Crippen LogP contribution in [0.1, 0.15) is 12.8 Å². The first-order valence-corrected chi connectivity index (χ1v) is 8.26. The number of alkyl halides is 2. The Morgan fingerprint density at radius 1 is 1.12 bits per heavy atom. The Hall–Kier alpha value is -2.64. The van der Waals surface area contributed by atoms with Crippen molar-refractivity contribution in [1.29, 1.82) is 0 Å². The van der Waals surface area contributed by atoms with Gasteiger partial charge in [-0.15, -0.1) is 0 Å². The van der Waals surface area contributed by atoms with Crippen LogP contribution in [0.15, 0.2) is 29.2 Å². The lowest BCUT2D eigenvalue weighted by molar-refractivity contribution is -0.137. The normalized spacial score (nSPS) is 16.5. The molecule has 2 aromatic rings. The summed E-state index contributed by atoms with van der Waals surface area (Å²) in [5.41, 5.74) is -0.348. The number of aromatic nitrogens is 1. The molecule has 0 spiro atoms. The summed E-state index contributed by atoms with van der Waals surface area (Å²) in [4.78, 5) is 26.4. The Morgan fingerprint density at radius 3 is 2.42 bits per heavy atom. The van der Waals surface area contributed by atoms with Gasteiger partial charge in [0, 0.05) is 37.5 Å². The third-order valence-electron chi connectivity index (χ3n) is 4.65.